The minimum absolute atomic E-state index is 0.0972. The van der Waals surface area contributed by atoms with Crippen molar-refractivity contribution < 1.29 is 35.6 Å². The summed E-state index contributed by atoms with van der Waals surface area (Å²) < 4.78 is 69.4. The first kappa shape index (κ1) is 31.1. The maximum absolute atomic E-state index is 14.6. The first-order chi connectivity index (χ1) is 20.1. The quantitative estimate of drug-likeness (QED) is 0.292. The molecule has 1 amide bonds. The van der Waals surface area contributed by atoms with Crippen LogP contribution in [0.25, 0.3) is 11.1 Å². The molecule has 7 nitrogen and oxygen atoms in total. The number of carbonyl (C=O) groups is 1. The highest BCUT2D eigenvalue weighted by atomic mass is 32.2. The minimum atomic E-state index is -3.64. The molecule has 3 aromatic rings. The predicted octanol–water partition coefficient (Wildman–Crippen LogP) is 6.87. The fraction of sp³-hybridized carbons (Fsp3) is 0.424. The van der Waals surface area contributed by atoms with Crippen molar-refractivity contribution in [1.82, 2.24) is 4.90 Å². The zero-order chi connectivity index (χ0) is 31.3. The second-order valence-corrected chi connectivity index (χ2v) is 14.1. The Morgan fingerprint density at radius 3 is 2.47 bits per heavy atom. The van der Waals surface area contributed by atoms with E-state index in [1.54, 1.807) is 4.90 Å². The number of fused-ring (bicyclic) bond motifs is 2. The summed E-state index contributed by atoms with van der Waals surface area (Å²) in [5.41, 5.74) is 4.79. The van der Waals surface area contributed by atoms with Gasteiger partial charge in [-0.3, -0.25) is 4.18 Å². The van der Waals surface area contributed by atoms with E-state index in [9.17, 15) is 22.0 Å². The van der Waals surface area contributed by atoms with Crippen LogP contribution in [-0.2, 0) is 42.6 Å². The molecule has 5 rings (SSSR count). The maximum Gasteiger partial charge on any atom is 0.410 e. The van der Waals surface area contributed by atoms with Gasteiger partial charge in [-0.05, 0) is 97.7 Å². The Hall–Kier alpha value is -3.34. The third-order valence-electron chi connectivity index (χ3n) is 8.18. The second-order valence-electron chi connectivity index (χ2n) is 12.5. The van der Waals surface area contributed by atoms with Crippen molar-refractivity contribution >= 4 is 16.2 Å². The van der Waals surface area contributed by atoms with Gasteiger partial charge in [0.25, 0.3) is 10.1 Å². The molecule has 2 heterocycles. The molecule has 1 saturated heterocycles. The second kappa shape index (κ2) is 11.3. The van der Waals surface area contributed by atoms with Crippen LogP contribution in [0, 0.1) is 25.5 Å². The van der Waals surface area contributed by atoms with Crippen LogP contribution in [0.4, 0.5) is 13.6 Å². The number of likely N-dealkylation sites (tertiary alicyclic amines) is 1. The fourth-order valence-electron chi connectivity index (χ4n) is 6.31. The van der Waals surface area contributed by atoms with E-state index in [1.807, 2.05) is 71.0 Å². The van der Waals surface area contributed by atoms with Gasteiger partial charge in [-0.25, -0.2) is 13.6 Å². The summed E-state index contributed by atoms with van der Waals surface area (Å²) in [6.07, 6.45) is 0.951. The van der Waals surface area contributed by atoms with Crippen molar-refractivity contribution in [3.63, 3.8) is 0 Å². The number of hydrogen-bond donors (Lipinski definition) is 0. The third-order valence-corrected chi connectivity index (χ3v) is 8.73. The Morgan fingerprint density at radius 1 is 1.07 bits per heavy atom. The third kappa shape index (κ3) is 6.32. The predicted molar refractivity (Wildman–Crippen MR) is 159 cm³/mol. The molecular weight excluding hydrogens is 576 g/mol. The van der Waals surface area contributed by atoms with E-state index >= 15 is 0 Å². The maximum atomic E-state index is 14.6. The molecule has 0 aliphatic carbocycles. The summed E-state index contributed by atoms with van der Waals surface area (Å²) in [5, 5.41) is 0. The Kier molecular flexibility index (Phi) is 8.17. The van der Waals surface area contributed by atoms with Crippen molar-refractivity contribution in [2.45, 2.75) is 71.4 Å². The molecule has 10 heteroatoms. The number of benzene rings is 3. The normalized spacial score (nSPS) is 20.4. The topological polar surface area (TPSA) is 82.1 Å². The molecule has 2 aliphatic heterocycles. The molecule has 2 atom stereocenters. The van der Waals surface area contributed by atoms with Crippen molar-refractivity contribution in [2.24, 2.45) is 0 Å². The van der Waals surface area contributed by atoms with Crippen LogP contribution < -0.4 is 0 Å². The molecule has 3 aromatic carbocycles. The van der Waals surface area contributed by atoms with E-state index in [4.69, 9.17) is 13.7 Å². The van der Waals surface area contributed by atoms with Gasteiger partial charge >= 0.3 is 6.09 Å². The standard InChI is InChI=1S/C33H37F2NO6S/c1-20-8-7-9-23(19-41-43(6,38)39)30(20)22-10-11-25(21(2)14-22)27-17-36(31(37)42-32(3,4)5)13-12-33(27)26-16-29(35)28(34)15-24(26)18-40-33/h7-11,14-16,27H,12-13,17-19H2,1-6H3/t27-,33+/m1/s1. The molecule has 0 N–H and O–H groups in total. The zero-order valence-corrected chi connectivity index (χ0v) is 26.1. The summed E-state index contributed by atoms with van der Waals surface area (Å²) >= 11 is 0. The number of halogens is 2. The van der Waals surface area contributed by atoms with Gasteiger partial charge in [0.2, 0.25) is 0 Å². The van der Waals surface area contributed by atoms with Crippen LogP contribution in [0.15, 0.2) is 48.5 Å². The fourth-order valence-corrected chi connectivity index (χ4v) is 6.65. The first-order valence-corrected chi connectivity index (χ1v) is 16.0. The number of nitrogens with zero attached hydrogens (tertiary/aromatic N) is 1. The number of amides is 1. The number of piperidine rings is 1. The van der Waals surface area contributed by atoms with Gasteiger partial charge in [-0.2, -0.15) is 8.42 Å². The van der Waals surface area contributed by atoms with Crippen LogP contribution >= 0.6 is 0 Å². The lowest BCUT2D eigenvalue weighted by Gasteiger charge is -2.46. The molecule has 0 bridgehead atoms. The van der Waals surface area contributed by atoms with Crippen molar-refractivity contribution in [2.75, 3.05) is 19.3 Å². The molecule has 230 valence electrons. The Bertz CT molecular complexity index is 1680. The van der Waals surface area contributed by atoms with Gasteiger partial charge in [-0.1, -0.05) is 36.4 Å². The van der Waals surface area contributed by atoms with Gasteiger partial charge < -0.3 is 14.4 Å². The van der Waals surface area contributed by atoms with Crippen LogP contribution in [0.1, 0.15) is 66.5 Å². The lowest BCUT2D eigenvalue weighted by atomic mass is 9.71. The van der Waals surface area contributed by atoms with Crippen LogP contribution in [0.3, 0.4) is 0 Å². The van der Waals surface area contributed by atoms with E-state index in [0.29, 0.717) is 24.1 Å². The monoisotopic (exact) mass is 613 g/mol. The van der Waals surface area contributed by atoms with E-state index in [-0.39, 0.29) is 19.8 Å². The average molecular weight is 614 g/mol. The van der Waals surface area contributed by atoms with Gasteiger partial charge in [-0.15, -0.1) is 0 Å². The largest absolute Gasteiger partial charge is 0.444 e. The Labute approximate surface area is 251 Å². The molecule has 0 saturated carbocycles. The van der Waals surface area contributed by atoms with Gasteiger partial charge in [0.05, 0.1) is 19.5 Å². The summed E-state index contributed by atoms with van der Waals surface area (Å²) in [4.78, 5) is 14.8. The zero-order valence-electron chi connectivity index (χ0n) is 25.3. The number of ether oxygens (including phenoxy) is 2. The Morgan fingerprint density at radius 2 is 1.79 bits per heavy atom. The average Bonchev–Trinajstić information content (AvgIpc) is 3.24. The molecule has 0 unspecified atom stereocenters. The van der Waals surface area contributed by atoms with Gasteiger partial charge in [0.1, 0.15) is 11.2 Å². The van der Waals surface area contributed by atoms with Crippen LogP contribution in [-0.4, -0.2) is 44.4 Å². The number of hydrogen-bond acceptors (Lipinski definition) is 6. The summed E-state index contributed by atoms with van der Waals surface area (Å²) in [5.74, 6) is -2.26. The lowest BCUT2D eigenvalue weighted by molar-refractivity contribution is -0.0956. The SMILES string of the molecule is Cc1cc(-c2c(C)cccc2COS(C)(=O)=O)ccc1[C@H]1CN(C(=O)OC(C)(C)C)CC[C@@]12OCc1cc(F)c(F)cc12. The highest BCUT2D eigenvalue weighted by molar-refractivity contribution is 7.85. The molecule has 2 aliphatic rings. The number of aryl methyl sites for hydroxylation is 2. The highest BCUT2D eigenvalue weighted by Gasteiger charge is 2.52. The smallest absolute Gasteiger partial charge is 0.410 e. The first-order valence-electron chi connectivity index (χ1n) is 14.2. The van der Waals surface area contributed by atoms with Crippen molar-refractivity contribution in [3.05, 3.63) is 93.5 Å². The summed E-state index contributed by atoms with van der Waals surface area (Å²) in [7, 11) is -3.64. The number of carbonyl (C=O) groups excluding carboxylic acids is 1. The van der Waals surface area contributed by atoms with E-state index in [1.165, 1.54) is 12.1 Å². The number of rotatable bonds is 5. The van der Waals surface area contributed by atoms with Crippen LogP contribution in [0.5, 0.6) is 0 Å². The molecular formula is C33H37F2NO6S. The van der Waals surface area contributed by atoms with Crippen molar-refractivity contribution in [3.8, 4) is 11.1 Å². The van der Waals surface area contributed by atoms with Gasteiger partial charge in [0.15, 0.2) is 11.6 Å². The molecule has 43 heavy (non-hydrogen) atoms. The Balaban J connectivity index is 1.58. The molecule has 1 fully saturated rings. The highest BCUT2D eigenvalue weighted by Crippen LogP contribution is 2.52. The van der Waals surface area contributed by atoms with Gasteiger partial charge in [0, 0.05) is 19.0 Å². The van der Waals surface area contributed by atoms with Crippen LogP contribution in [0.2, 0.25) is 0 Å². The molecule has 0 aromatic heterocycles. The molecule has 0 radical (unpaired) electrons. The van der Waals surface area contributed by atoms with Crippen molar-refractivity contribution in [1.29, 1.82) is 0 Å². The van der Waals surface area contributed by atoms with E-state index in [0.717, 1.165) is 39.6 Å². The minimum Gasteiger partial charge on any atom is -0.444 e. The summed E-state index contributed by atoms with van der Waals surface area (Å²) in [6, 6.07) is 14.0. The summed E-state index contributed by atoms with van der Waals surface area (Å²) in [6.45, 7) is 9.97. The van der Waals surface area contributed by atoms with E-state index in [2.05, 4.69) is 0 Å². The van der Waals surface area contributed by atoms with E-state index < -0.39 is 45.0 Å². The molecule has 1 spiro atoms. The lowest BCUT2D eigenvalue weighted by Crippen LogP contribution is -2.51.